The van der Waals surface area contributed by atoms with Crippen LogP contribution in [0.25, 0.3) is 0 Å². The summed E-state index contributed by atoms with van der Waals surface area (Å²) >= 11 is 7.82. The molecular weight excluding hydrogens is 400 g/mol. The molecule has 0 spiro atoms. The number of amides is 1. The highest BCUT2D eigenvalue weighted by Gasteiger charge is 2.30. The Balaban J connectivity index is 1.76. The van der Waals surface area contributed by atoms with Crippen molar-refractivity contribution in [2.75, 3.05) is 18.4 Å². The summed E-state index contributed by atoms with van der Waals surface area (Å²) in [6.07, 6.45) is 2.41. The number of rotatable bonds is 5. The summed E-state index contributed by atoms with van der Waals surface area (Å²) in [5, 5.41) is 4.89. The van der Waals surface area contributed by atoms with Gasteiger partial charge in [-0.15, -0.1) is 11.3 Å². The van der Waals surface area contributed by atoms with Gasteiger partial charge >= 0.3 is 0 Å². The van der Waals surface area contributed by atoms with Gasteiger partial charge in [-0.3, -0.25) is 9.69 Å². The third-order valence-electron chi connectivity index (χ3n) is 5.66. The maximum absolute atomic E-state index is 12.9. The number of hydrogen-bond acceptors (Lipinski definition) is 3. The lowest BCUT2D eigenvalue weighted by Gasteiger charge is -2.29. The van der Waals surface area contributed by atoms with Crippen molar-refractivity contribution in [2.45, 2.75) is 32.7 Å². The molecule has 5 heteroatoms. The molecule has 4 rings (SSSR count). The monoisotopic (exact) mass is 424 g/mol. The van der Waals surface area contributed by atoms with Crippen molar-refractivity contribution in [1.82, 2.24) is 4.90 Å². The molecule has 1 aromatic heterocycles. The van der Waals surface area contributed by atoms with Gasteiger partial charge in [-0.25, -0.2) is 0 Å². The molecule has 2 aromatic carbocycles. The van der Waals surface area contributed by atoms with Crippen LogP contribution in [0, 0.1) is 13.8 Å². The topological polar surface area (TPSA) is 32.3 Å². The number of nitrogens with one attached hydrogen (secondary N) is 1. The molecule has 1 N–H and O–H groups in total. The van der Waals surface area contributed by atoms with Crippen molar-refractivity contribution in [3.63, 3.8) is 0 Å². The van der Waals surface area contributed by atoms with Gasteiger partial charge in [0.15, 0.2) is 0 Å². The molecule has 1 atom stereocenters. The fourth-order valence-corrected chi connectivity index (χ4v) is 5.25. The average Bonchev–Trinajstić information content (AvgIpc) is 3.35. The van der Waals surface area contributed by atoms with Crippen molar-refractivity contribution in [2.24, 2.45) is 0 Å². The van der Waals surface area contributed by atoms with E-state index >= 15 is 0 Å². The van der Waals surface area contributed by atoms with Gasteiger partial charge in [-0.1, -0.05) is 41.9 Å². The van der Waals surface area contributed by atoms with E-state index in [1.165, 1.54) is 34.4 Å². The maximum Gasteiger partial charge on any atom is 0.256 e. The van der Waals surface area contributed by atoms with Crippen LogP contribution in [0.1, 0.15) is 50.8 Å². The molecule has 29 heavy (non-hydrogen) atoms. The van der Waals surface area contributed by atoms with E-state index in [4.69, 9.17) is 11.6 Å². The summed E-state index contributed by atoms with van der Waals surface area (Å²) < 4.78 is 0. The summed E-state index contributed by atoms with van der Waals surface area (Å²) in [4.78, 5) is 16.6. The van der Waals surface area contributed by atoms with Gasteiger partial charge in [0.25, 0.3) is 5.91 Å². The minimum absolute atomic E-state index is 0.0654. The molecule has 0 unspecified atom stereocenters. The molecule has 1 aliphatic rings. The number of hydrogen-bond donors (Lipinski definition) is 1. The zero-order valence-corrected chi connectivity index (χ0v) is 18.3. The van der Waals surface area contributed by atoms with Crippen molar-refractivity contribution in [3.8, 4) is 0 Å². The van der Waals surface area contributed by atoms with Gasteiger partial charge in [0.2, 0.25) is 0 Å². The summed E-state index contributed by atoms with van der Waals surface area (Å²) in [6.45, 7) is 6.42. The Morgan fingerprint density at radius 3 is 2.34 bits per heavy atom. The number of nitrogens with zero attached hydrogens (tertiary/aromatic N) is 1. The van der Waals surface area contributed by atoms with E-state index in [2.05, 4.69) is 36.2 Å². The lowest BCUT2D eigenvalue weighted by atomic mass is 9.95. The van der Waals surface area contributed by atoms with E-state index in [1.54, 1.807) is 11.3 Å². The third kappa shape index (κ3) is 4.25. The molecule has 0 radical (unpaired) electrons. The molecule has 150 valence electrons. The predicted octanol–water partition coefficient (Wildman–Crippen LogP) is 6.46. The molecule has 1 fully saturated rings. The normalized spacial score (nSPS) is 15.4. The SMILES string of the molecule is Cc1sc(NC(=O)c2ccccc2)c([C@@H](c2ccc(Cl)cc2)N2CCCC2)c1C. The third-order valence-corrected chi connectivity index (χ3v) is 7.05. The van der Waals surface area contributed by atoms with E-state index in [-0.39, 0.29) is 11.9 Å². The highest BCUT2D eigenvalue weighted by atomic mass is 35.5. The Hall–Kier alpha value is -2.14. The van der Waals surface area contributed by atoms with Gasteiger partial charge < -0.3 is 5.32 Å². The van der Waals surface area contributed by atoms with Crippen LogP contribution in [0.4, 0.5) is 5.00 Å². The number of thiophene rings is 1. The van der Waals surface area contributed by atoms with Crippen LogP contribution in [-0.2, 0) is 0 Å². The summed E-state index contributed by atoms with van der Waals surface area (Å²) in [6, 6.07) is 17.6. The summed E-state index contributed by atoms with van der Waals surface area (Å²) in [5.74, 6) is -0.0654. The van der Waals surface area contributed by atoms with Crippen LogP contribution in [-0.4, -0.2) is 23.9 Å². The smallest absolute Gasteiger partial charge is 0.256 e. The highest BCUT2D eigenvalue weighted by Crippen LogP contribution is 2.43. The number of halogens is 1. The van der Waals surface area contributed by atoms with Crippen molar-refractivity contribution in [1.29, 1.82) is 0 Å². The minimum Gasteiger partial charge on any atom is -0.313 e. The first-order chi connectivity index (χ1) is 14.0. The Morgan fingerprint density at radius 1 is 1.03 bits per heavy atom. The first-order valence-corrected chi connectivity index (χ1v) is 11.2. The number of aryl methyl sites for hydroxylation is 1. The van der Waals surface area contributed by atoms with Crippen LogP contribution < -0.4 is 5.32 Å². The van der Waals surface area contributed by atoms with Gasteiger partial charge in [0.05, 0.1) is 6.04 Å². The van der Waals surface area contributed by atoms with Crippen LogP contribution in [0.3, 0.4) is 0 Å². The largest absolute Gasteiger partial charge is 0.313 e. The average molecular weight is 425 g/mol. The molecular formula is C24H25ClN2OS. The lowest BCUT2D eigenvalue weighted by molar-refractivity contribution is 0.102. The van der Waals surface area contributed by atoms with E-state index in [0.717, 1.165) is 23.1 Å². The molecule has 0 bridgehead atoms. The molecule has 3 nitrogen and oxygen atoms in total. The molecule has 0 saturated carbocycles. The quantitative estimate of drug-likeness (QED) is 0.510. The lowest BCUT2D eigenvalue weighted by Crippen LogP contribution is -2.27. The Kier molecular flexibility index (Phi) is 6.04. The predicted molar refractivity (Wildman–Crippen MR) is 122 cm³/mol. The van der Waals surface area contributed by atoms with Gasteiger partial charge in [-0.05, 0) is 75.2 Å². The first kappa shape index (κ1) is 20.1. The van der Waals surface area contributed by atoms with E-state index in [0.29, 0.717) is 5.56 Å². The van der Waals surface area contributed by atoms with E-state index in [1.807, 2.05) is 42.5 Å². The van der Waals surface area contributed by atoms with Gasteiger partial charge in [0, 0.05) is 21.0 Å². The van der Waals surface area contributed by atoms with Crippen LogP contribution >= 0.6 is 22.9 Å². The number of carbonyl (C=O) groups is 1. The summed E-state index contributed by atoms with van der Waals surface area (Å²) in [5.41, 5.74) is 4.35. The van der Waals surface area contributed by atoms with Gasteiger partial charge in [0.1, 0.15) is 5.00 Å². The minimum atomic E-state index is -0.0654. The number of benzene rings is 2. The fourth-order valence-electron chi connectivity index (χ4n) is 4.04. The second-order valence-corrected chi connectivity index (χ2v) is 9.20. The standard InChI is InChI=1S/C24H25ClN2OS/c1-16-17(2)29-24(26-23(28)19-8-4-3-5-9-19)21(16)22(27-14-6-7-15-27)18-10-12-20(25)13-11-18/h3-5,8-13,22H,6-7,14-15H2,1-2H3,(H,26,28)/t22-/m1/s1. The Bertz CT molecular complexity index is 992. The molecule has 1 aliphatic heterocycles. The molecule has 1 amide bonds. The molecule has 2 heterocycles. The zero-order valence-electron chi connectivity index (χ0n) is 16.7. The molecule has 1 saturated heterocycles. The number of anilines is 1. The zero-order chi connectivity index (χ0) is 20.4. The van der Waals surface area contributed by atoms with E-state index < -0.39 is 0 Å². The van der Waals surface area contributed by atoms with Crippen molar-refractivity contribution < 1.29 is 4.79 Å². The Labute approximate surface area is 181 Å². The molecule has 3 aromatic rings. The number of carbonyl (C=O) groups excluding carboxylic acids is 1. The first-order valence-electron chi connectivity index (χ1n) is 10.0. The van der Waals surface area contributed by atoms with Crippen LogP contribution in [0.2, 0.25) is 5.02 Å². The van der Waals surface area contributed by atoms with Crippen LogP contribution in [0.15, 0.2) is 54.6 Å². The van der Waals surface area contributed by atoms with Gasteiger partial charge in [-0.2, -0.15) is 0 Å². The second kappa shape index (κ2) is 8.70. The maximum atomic E-state index is 12.9. The fraction of sp³-hybridized carbons (Fsp3) is 0.292. The molecule has 0 aliphatic carbocycles. The highest BCUT2D eigenvalue weighted by molar-refractivity contribution is 7.16. The van der Waals surface area contributed by atoms with Crippen molar-refractivity contribution in [3.05, 3.63) is 86.8 Å². The van der Waals surface area contributed by atoms with Crippen LogP contribution in [0.5, 0.6) is 0 Å². The van der Waals surface area contributed by atoms with Crippen molar-refractivity contribution >= 4 is 33.8 Å². The second-order valence-electron chi connectivity index (χ2n) is 7.54. The van der Waals surface area contributed by atoms with E-state index in [9.17, 15) is 4.79 Å². The Morgan fingerprint density at radius 2 is 1.69 bits per heavy atom. The number of likely N-dealkylation sites (tertiary alicyclic amines) is 1. The summed E-state index contributed by atoms with van der Waals surface area (Å²) in [7, 11) is 0.